The average Bonchev–Trinajstić information content (AvgIpc) is 2.87. The molecule has 1 aliphatic rings. The smallest absolute Gasteiger partial charge is 0.236 e. The highest BCUT2D eigenvalue weighted by molar-refractivity contribution is 9.10. The molecule has 35 heavy (non-hydrogen) atoms. The van der Waals surface area contributed by atoms with Gasteiger partial charge >= 0.3 is 0 Å². The van der Waals surface area contributed by atoms with Crippen LogP contribution in [-0.2, 0) is 4.79 Å². The molecule has 3 aromatic rings. The number of para-hydroxylation sites is 1. The molecule has 0 fully saturated rings. The Balaban J connectivity index is 1.61. The average molecular weight is 534 g/mol. The van der Waals surface area contributed by atoms with Crippen LogP contribution < -0.4 is 0 Å². The van der Waals surface area contributed by atoms with Crippen LogP contribution in [0.15, 0.2) is 58.6 Å². The van der Waals surface area contributed by atoms with Crippen LogP contribution >= 0.6 is 15.9 Å². The first kappa shape index (κ1) is 25.3. The predicted molar refractivity (Wildman–Crippen MR) is 146 cm³/mol. The third-order valence-electron chi connectivity index (χ3n) is 6.77. The van der Waals surface area contributed by atoms with Crippen LogP contribution in [0.25, 0.3) is 27.8 Å². The molecule has 0 aliphatic heterocycles. The first-order chi connectivity index (χ1) is 17.0. The third-order valence-corrected chi connectivity index (χ3v) is 7.30. The second-order valence-electron chi connectivity index (χ2n) is 9.30. The van der Waals surface area contributed by atoms with Gasteiger partial charge in [-0.1, -0.05) is 105 Å². The quantitative estimate of drug-likeness (QED) is 0.198. The van der Waals surface area contributed by atoms with Crippen molar-refractivity contribution in [1.29, 1.82) is 0 Å². The molecule has 182 valence electrons. The lowest BCUT2D eigenvalue weighted by molar-refractivity contribution is -0.112. The van der Waals surface area contributed by atoms with Crippen LogP contribution in [0.4, 0.5) is 0 Å². The lowest BCUT2D eigenvalue weighted by atomic mass is 9.83. The Morgan fingerprint density at radius 2 is 1.40 bits per heavy atom. The zero-order chi connectivity index (χ0) is 24.8. The number of nitrogens with zero attached hydrogens (tertiary/aromatic N) is 1. The Morgan fingerprint density at radius 3 is 2.09 bits per heavy atom. The molecule has 0 atom stereocenters. The number of hydrogen-bond donors (Lipinski definition) is 1. The fourth-order valence-electron chi connectivity index (χ4n) is 4.87. The number of pyridine rings is 1. The van der Waals surface area contributed by atoms with E-state index < -0.39 is 11.6 Å². The number of rotatable bonds is 11. The number of unbranched alkanes of at least 4 members (excludes halogenated alkanes) is 8. The van der Waals surface area contributed by atoms with Crippen molar-refractivity contribution in [2.75, 3.05) is 0 Å². The molecular formula is C30H32BrNO3. The zero-order valence-electron chi connectivity index (χ0n) is 20.3. The van der Waals surface area contributed by atoms with E-state index in [0.29, 0.717) is 17.5 Å². The molecule has 1 aliphatic carbocycles. The highest BCUT2D eigenvalue weighted by Gasteiger charge is 2.36. The summed E-state index contributed by atoms with van der Waals surface area (Å²) < 4.78 is 0.918. The number of hydrogen-bond acceptors (Lipinski definition) is 4. The maximum atomic E-state index is 13.4. The van der Waals surface area contributed by atoms with Gasteiger partial charge in [-0.3, -0.25) is 9.59 Å². The van der Waals surface area contributed by atoms with Gasteiger partial charge in [-0.25, -0.2) is 4.98 Å². The van der Waals surface area contributed by atoms with E-state index in [1.165, 1.54) is 38.5 Å². The van der Waals surface area contributed by atoms with Crippen molar-refractivity contribution in [2.45, 2.75) is 71.1 Å². The van der Waals surface area contributed by atoms with E-state index in [1.54, 1.807) is 0 Å². The molecule has 0 saturated heterocycles. The lowest BCUT2D eigenvalue weighted by Crippen LogP contribution is -2.26. The summed E-state index contributed by atoms with van der Waals surface area (Å²) in [6.45, 7) is 2.22. The lowest BCUT2D eigenvalue weighted by Gasteiger charge is -2.21. The number of allylic oxidation sites excluding steroid dienone is 1. The summed E-state index contributed by atoms with van der Waals surface area (Å²) in [7, 11) is 0. The van der Waals surface area contributed by atoms with Crippen molar-refractivity contribution in [1.82, 2.24) is 4.98 Å². The van der Waals surface area contributed by atoms with Gasteiger partial charge < -0.3 is 5.11 Å². The van der Waals surface area contributed by atoms with Crippen molar-refractivity contribution < 1.29 is 14.7 Å². The number of aromatic nitrogens is 1. The van der Waals surface area contributed by atoms with Crippen LogP contribution in [0.5, 0.6) is 0 Å². The molecule has 0 amide bonds. The second kappa shape index (κ2) is 11.8. The summed E-state index contributed by atoms with van der Waals surface area (Å²) in [6.07, 6.45) is 10.8. The van der Waals surface area contributed by atoms with Gasteiger partial charge in [-0.05, 0) is 36.6 Å². The van der Waals surface area contributed by atoms with Gasteiger partial charge in [0.15, 0.2) is 0 Å². The topological polar surface area (TPSA) is 67.3 Å². The maximum absolute atomic E-state index is 13.4. The van der Waals surface area contributed by atoms with Gasteiger partial charge in [0, 0.05) is 21.0 Å². The van der Waals surface area contributed by atoms with Crippen LogP contribution in [0.1, 0.15) is 87.2 Å². The summed E-state index contributed by atoms with van der Waals surface area (Å²) >= 11 is 3.45. The normalized spacial score (nSPS) is 13.5. The molecule has 4 rings (SSSR count). The molecule has 0 bridgehead atoms. The maximum Gasteiger partial charge on any atom is 0.236 e. The van der Waals surface area contributed by atoms with Crippen molar-refractivity contribution in [2.24, 2.45) is 0 Å². The SMILES string of the molecule is CCCCCCCCCCCC1=C(O)c2nc3ccccc3c(-c3ccc(Br)cc3)c2C(=O)C1=O. The molecule has 1 aromatic heterocycles. The zero-order valence-corrected chi connectivity index (χ0v) is 21.9. The molecule has 0 unspecified atom stereocenters. The summed E-state index contributed by atoms with van der Waals surface area (Å²) in [5, 5.41) is 11.9. The van der Waals surface area contributed by atoms with Gasteiger partial charge in [0.05, 0.1) is 11.1 Å². The number of aliphatic hydroxyl groups is 1. The van der Waals surface area contributed by atoms with Crippen LogP contribution in [0, 0.1) is 0 Å². The standard InChI is InChI=1S/C30H32BrNO3/c1-2-3-4-5-6-7-8-9-10-14-23-28(33)27-26(30(35)29(23)34)25(20-16-18-21(31)19-17-20)22-13-11-12-15-24(22)32-27/h11-13,15-19,33H,2-10,14H2,1H3. The minimum atomic E-state index is -0.606. The predicted octanol–water partition coefficient (Wildman–Crippen LogP) is 8.62. The summed E-state index contributed by atoms with van der Waals surface area (Å²) in [4.78, 5) is 31.2. The van der Waals surface area contributed by atoms with E-state index in [9.17, 15) is 14.7 Å². The second-order valence-corrected chi connectivity index (χ2v) is 10.2. The molecule has 0 saturated carbocycles. The van der Waals surface area contributed by atoms with Crippen molar-refractivity contribution in [3.8, 4) is 11.1 Å². The Kier molecular flexibility index (Phi) is 8.50. The van der Waals surface area contributed by atoms with Crippen molar-refractivity contribution >= 4 is 44.2 Å². The minimum absolute atomic E-state index is 0.145. The Bertz CT molecular complexity index is 1260. The molecule has 2 aromatic carbocycles. The van der Waals surface area contributed by atoms with E-state index in [1.807, 2.05) is 48.5 Å². The first-order valence-electron chi connectivity index (χ1n) is 12.7. The highest BCUT2D eigenvalue weighted by Crippen LogP contribution is 2.39. The van der Waals surface area contributed by atoms with Crippen LogP contribution in [0.3, 0.4) is 0 Å². The number of Topliss-reactive ketones (excluding diaryl/α,β-unsaturated/α-hetero) is 2. The molecular weight excluding hydrogens is 502 g/mol. The third kappa shape index (κ3) is 5.56. The minimum Gasteiger partial charge on any atom is -0.505 e. The molecule has 1 heterocycles. The highest BCUT2D eigenvalue weighted by atomic mass is 79.9. The van der Waals surface area contributed by atoms with E-state index in [2.05, 4.69) is 27.8 Å². The van der Waals surface area contributed by atoms with Crippen LogP contribution in [0.2, 0.25) is 0 Å². The number of halogens is 1. The van der Waals surface area contributed by atoms with Gasteiger partial charge in [-0.15, -0.1) is 0 Å². The number of carbonyl (C=O) groups excluding carboxylic acids is 2. The Labute approximate surface area is 215 Å². The van der Waals surface area contributed by atoms with E-state index in [0.717, 1.165) is 34.7 Å². The van der Waals surface area contributed by atoms with E-state index in [-0.39, 0.29) is 22.6 Å². The largest absolute Gasteiger partial charge is 0.505 e. The fourth-order valence-corrected chi connectivity index (χ4v) is 5.13. The Morgan fingerprint density at radius 1 is 0.771 bits per heavy atom. The molecule has 0 spiro atoms. The monoisotopic (exact) mass is 533 g/mol. The summed E-state index contributed by atoms with van der Waals surface area (Å²) in [6, 6.07) is 15.1. The van der Waals surface area contributed by atoms with Crippen LogP contribution in [-0.4, -0.2) is 21.7 Å². The number of ketones is 2. The summed E-state index contributed by atoms with van der Waals surface area (Å²) in [5.41, 5.74) is 2.75. The van der Waals surface area contributed by atoms with Crippen molar-refractivity contribution in [3.05, 3.63) is 69.8 Å². The van der Waals surface area contributed by atoms with Crippen molar-refractivity contribution in [3.63, 3.8) is 0 Å². The number of carbonyl (C=O) groups is 2. The molecule has 5 heteroatoms. The summed E-state index contributed by atoms with van der Waals surface area (Å²) in [5.74, 6) is -1.34. The van der Waals surface area contributed by atoms with E-state index >= 15 is 0 Å². The van der Waals surface area contributed by atoms with Gasteiger partial charge in [0.25, 0.3) is 0 Å². The van der Waals surface area contributed by atoms with Gasteiger partial charge in [0.1, 0.15) is 11.5 Å². The Hall–Kier alpha value is -2.79. The number of benzene rings is 2. The first-order valence-corrected chi connectivity index (χ1v) is 13.5. The molecule has 1 N–H and O–H groups in total. The number of fused-ring (bicyclic) bond motifs is 2. The number of aliphatic hydroxyl groups excluding tert-OH is 1. The molecule has 0 radical (unpaired) electrons. The van der Waals surface area contributed by atoms with E-state index in [4.69, 9.17) is 0 Å². The van der Waals surface area contributed by atoms with Gasteiger partial charge in [0.2, 0.25) is 11.6 Å². The van der Waals surface area contributed by atoms with Gasteiger partial charge in [-0.2, -0.15) is 0 Å². The fraction of sp³-hybridized carbons (Fsp3) is 0.367. The molecule has 4 nitrogen and oxygen atoms in total.